The Morgan fingerprint density at radius 1 is 1.30 bits per heavy atom. The van der Waals surface area contributed by atoms with Gasteiger partial charge in [0.25, 0.3) is 0 Å². The summed E-state index contributed by atoms with van der Waals surface area (Å²) in [5, 5.41) is 14.3. The molecule has 0 spiro atoms. The van der Waals surface area contributed by atoms with Crippen molar-refractivity contribution < 1.29 is 13.5 Å². The Morgan fingerprint density at radius 3 is 2.87 bits per heavy atom. The van der Waals surface area contributed by atoms with Gasteiger partial charge in [-0.05, 0) is 41.4 Å². The molecule has 0 saturated carbocycles. The number of fused-ring (bicyclic) bond motifs is 1. The zero-order chi connectivity index (χ0) is 16.5. The van der Waals surface area contributed by atoms with Crippen molar-refractivity contribution in [3.8, 4) is 0 Å². The molecule has 0 saturated heterocycles. The van der Waals surface area contributed by atoms with Gasteiger partial charge in [-0.1, -0.05) is 6.07 Å². The molecule has 23 heavy (non-hydrogen) atoms. The van der Waals surface area contributed by atoms with E-state index in [0.717, 1.165) is 17.3 Å². The Bertz CT molecular complexity index is 902. The molecule has 1 atom stereocenters. The third kappa shape index (κ3) is 3.75. The number of hydrogen-bond donors (Lipinski definition) is 2. The number of rotatable bonds is 6. The van der Waals surface area contributed by atoms with E-state index in [1.54, 1.807) is 19.1 Å². The predicted octanol–water partition coefficient (Wildman–Crippen LogP) is 2.02. The third-order valence-electron chi connectivity index (χ3n) is 3.35. The van der Waals surface area contributed by atoms with Crippen molar-refractivity contribution in [2.75, 3.05) is 6.54 Å². The number of hydrogen-bond acceptors (Lipinski definition) is 7. The first-order valence-electron chi connectivity index (χ1n) is 6.82. The van der Waals surface area contributed by atoms with Gasteiger partial charge in [-0.2, -0.15) is 20.1 Å². The van der Waals surface area contributed by atoms with Crippen LogP contribution in [0, 0.1) is 0 Å². The fraction of sp³-hybridized carbons (Fsp3) is 0.286. The fourth-order valence-corrected chi connectivity index (χ4v) is 4.82. The van der Waals surface area contributed by atoms with Crippen LogP contribution in [0.3, 0.4) is 0 Å². The van der Waals surface area contributed by atoms with Crippen LogP contribution in [0.15, 0.2) is 39.9 Å². The average molecular weight is 369 g/mol. The van der Waals surface area contributed by atoms with Crippen LogP contribution in [-0.4, -0.2) is 34.4 Å². The highest BCUT2D eigenvalue weighted by molar-refractivity contribution is 7.89. The monoisotopic (exact) mass is 369 g/mol. The molecule has 0 radical (unpaired) electrons. The number of aliphatic hydroxyl groups is 1. The van der Waals surface area contributed by atoms with Crippen molar-refractivity contribution in [3.63, 3.8) is 0 Å². The zero-order valence-electron chi connectivity index (χ0n) is 12.3. The zero-order valence-corrected chi connectivity index (χ0v) is 14.7. The molecule has 0 aliphatic rings. The quantitative estimate of drug-likeness (QED) is 0.693. The molecular weight excluding hydrogens is 354 g/mol. The van der Waals surface area contributed by atoms with Gasteiger partial charge in [-0.25, -0.2) is 13.1 Å². The predicted molar refractivity (Wildman–Crippen MR) is 91.3 cm³/mol. The normalized spacial score (nSPS) is 14.9. The lowest BCUT2D eigenvalue weighted by molar-refractivity contribution is 0.0658. The molecule has 9 heteroatoms. The van der Waals surface area contributed by atoms with E-state index < -0.39 is 15.6 Å². The molecule has 0 fully saturated rings. The first-order valence-corrected chi connectivity index (χ1v) is 9.97. The minimum absolute atomic E-state index is 0.0788. The van der Waals surface area contributed by atoms with Gasteiger partial charge in [0.15, 0.2) is 0 Å². The van der Waals surface area contributed by atoms with Crippen molar-refractivity contribution >= 4 is 44.1 Å². The molecule has 3 rings (SSSR count). The number of nitrogens with zero attached hydrogens (tertiary/aromatic N) is 2. The van der Waals surface area contributed by atoms with Crippen LogP contribution in [0.1, 0.15) is 12.5 Å². The minimum Gasteiger partial charge on any atom is -0.388 e. The van der Waals surface area contributed by atoms with E-state index in [0.29, 0.717) is 17.5 Å². The van der Waals surface area contributed by atoms with E-state index >= 15 is 0 Å². The van der Waals surface area contributed by atoms with Gasteiger partial charge < -0.3 is 5.11 Å². The fourth-order valence-electron chi connectivity index (χ4n) is 2.22. The molecule has 0 aliphatic heterocycles. The summed E-state index contributed by atoms with van der Waals surface area (Å²) in [5.74, 6) is 0. The van der Waals surface area contributed by atoms with E-state index in [2.05, 4.69) is 13.5 Å². The summed E-state index contributed by atoms with van der Waals surface area (Å²) in [6.07, 6.45) is 0.376. The van der Waals surface area contributed by atoms with Crippen molar-refractivity contribution in [1.29, 1.82) is 0 Å². The van der Waals surface area contributed by atoms with E-state index in [4.69, 9.17) is 0 Å². The third-order valence-corrected chi connectivity index (χ3v) is 6.05. The van der Waals surface area contributed by atoms with Crippen molar-refractivity contribution in [2.45, 2.75) is 23.8 Å². The molecule has 0 bridgehead atoms. The molecule has 3 aromatic rings. The minimum atomic E-state index is -3.77. The number of sulfonamides is 1. The highest BCUT2D eigenvalue weighted by Crippen LogP contribution is 2.22. The second-order valence-corrected chi connectivity index (χ2v) is 8.56. The molecule has 2 heterocycles. The van der Waals surface area contributed by atoms with E-state index in [9.17, 15) is 13.5 Å². The largest absolute Gasteiger partial charge is 0.388 e. The maximum atomic E-state index is 12.5. The van der Waals surface area contributed by atoms with Gasteiger partial charge in [0.1, 0.15) is 15.9 Å². The second-order valence-electron chi connectivity index (χ2n) is 5.52. The molecule has 0 amide bonds. The molecule has 0 aliphatic carbocycles. The number of nitrogens with one attached hydrogen (secondary N) is 1. The van der Waals surface area contributed by atoms with Gasteiger partial charge in [0.2, 0.25) is 10.0 Å². The summed E-state index contributed by atoms with van der Waals surface area (Å²) < 4.78 is 35.6. The van der Waals surface area contributed by atoms with Crippen LogP contribution in [0.4, 0.5) is 0 Å². The van der Waals surface area contributed by atoms with Crippen molar-refractivity contribution in [2.24, 2.45) is 0 Å². The van der Waals surface area contributed by atoms with Crippen LogP contribution in [-0.2, 0) is 16.4 Å². The highest BCUT2D eigenvalue weighted by Gasteiger charge is 2.26. The van der Waals surface area contributed by atoms with E-state index in [1.807, 2.05) is 16.8 Å². The lowest BCUT2D eigenvalue weighted by Gasteiger charge is -2.23. The number of aromatic nitrogens is 2. The van der Waals surface area contributed by atoms with Gasteiger partial charge >= 0.3 is 0 Å². The first kappa shape index (κ1) is 16.5. The smallest absolute Gasteiger partial charge is 0.242 e. The van der Waals surface area contributed by atoms with E-state index in [-0.39, 0.29) is 11.4 Å². The summed E-state index contributed by atoms with van der Waals surface area (Å²) in [4.78, 5) is 0.0788. The molecule has 6 nitrogen and oxygen atoms in total. The number of thiophene rings is 1. The second kappa shape index (κ2) is 6.25. The number of benzene rings is 1. The summed E-state index contributed by atoms with van der Waals surface area (Å²) in [7, 11) is -3.77. The van der Waals surface area contributed by atoms with Crippen LogP contribution in [0.25, 0.3) is 11.0 Å². The molecule has 122 valence electrons. The van der Waals surface area contributed by atoms with Crippen molar-refractivity contribution in [1.82, 2.24) is 13.5 Å². The standard InChI is InChI=1S/C14H15N3O3S3/c1-14(18,7-10-5-6-21-8-10)9-15-23(19,20)12-4-2-3-11-13(12)17-22-16-11/h2-6,8,15,18H,7,9H2,1H3. The van der Waals surface area contributed by atoms with Crippen LogP contribution >= 0.6 is 23.1 Å². The molecule has 1 unspecified atom stereocenters. The van der Waals surface area contributed by atoms with Gasteiger partial charge in [0, 0.05) is 13.0 Å². The lowest BCUT2D eigenvalue weighted by atomic mass is 9.99. The SMILES string of the molecule is CC(O)(CNS(=O)(=O)c1cccc2nsnc12)Cc1ccsc1. The van der Waals surface area contributed by atoms with Crippen LogP contribution < -0.4 is 4.72 Å². The van der Waals surface area contributed by atoms with Crippen LogP contribution in [0.2, 0.25) is 0 Å². The molecule has 2 N–H and O–H groups in total. The maximum Gasteiger partial charge on any atom is 0.242 e. The Balaban J connectivity index is 1.77. The summed E-state index contributed by atoms with van der Waals surface area (Å²) >= 11 is 2.51. The first-order chi connectivity index (χ1) is 10.9. The molecule has 2 aromatic heterocycles. The summed E-state index contributed by atoms with van der Waals surface area (Å²) in [6.45, 7) is 1.53. The van der Waals surface area contributed by atoms with Gasteiger partial charge in [-0.15, -0.1) is 0 Å². The maximum absolute atomic E-state index is 12.5. The topological polar surface area (TPSA) is 92.2 Å². The summed E-state index contributed by atoms with van der Waals surface area (Å²) in [6, 6.07) is 6.74. The average Bonchev–Trinajstić information content (AvgIpc) is 3.15. The van der Waals surface area contributed by atoms with Gasteiger partial charge in [-0.3, -0.25) is 0 Å². The Labute approximate surface area is 142 Å². The van der Waals surface area contributed by atoms with Crippen LogP contribution in [0.5, 0.6) is 0 Å². The Morgan fingerprint density at radius 2 is 2.13 bits per heavy atom. The Kier molecular flexibility index (Phi) is 4.47. The van der Waals surface area contributed by atoms with Crippen molar-refractivity contribution in [3.05, 3.63) is 40.6 Å². The summed E-state index contributed by atoms with van der Waals surface area (Å²) in [5.41, 5.74) is 0.693. The Hall–Kier alpha value is -1.39. The van der Waals surface area contributed by atoms with E-state index in [1.165, 1.54) is 17.4 Å². The highest BCUT2D eigenvalue weighted by atomic mass is 32.2. The molecule has 1 aromatic carbocycles. The molecular formula is C14H15N3O3S3. The van der Waals surface area contributed by atoms with Gasteiger partial charge in [0.05, 0.1) is 17.3 Å². The lowest BCUT2D eigenvalue weighted by Crippen LogP contribution is -2.42.